The molecular formula is C23H28N8O5. The summed E-state index contributed by atoms with van der Waals surface area (Å²) in [5.41, 5.74) is 6.66. The molecule has 4 rings (SSSR count). The molecule has 2 bridgehead atoms. The third-order valence-corrected chi connectivity index (χ3v) is 6.19. The highest BCUT2D eigenvalue weighted by Gasteiger charge is 2.36. The minimum atomic E-state index is -1.12. The first kappa shape index (κ1) is 24.8. The molecule has 3 heterocycles. The van der Waals surface area contributed by atoms with E-state index in [1.54, 1.807) is 0 Å². The lowest BCUT2D eigenvalue weighted by Gasteiger charge is -2.27. The number of primary amides is 1. The van der Waals surface area contributed by atoms with Gasteiger partial charge in [-0.15, -0.1) is 5.10 Å². The number of aromatic nitrogens is 3. The molecule has 2 aliphatic rings. The SMILES string of the molecule is NC(=O)C1Cc2cn(nn2)CC(=O)NCC(=O)N2CCCC2C(=O)NC(Cc2ccccc2)C(=O)N1. The maximum absolute atomic E-state index is 13.3. The van der Waals surface area contributed by atoms with E-state index in [9.17, 15) is 24.0 Å². The van der Waals surface area contributed by atoms with E-state index in [4.69, 9.17) is 5.73 Å². The number of nitrogens with one attached hydrogen (secondary N) is 3. The maximum Gasteiger partial charge on any atom is 0.243 e. The van der Waals surface area contributed by atoms with Gasteiger partial charge in [0.25, 0.3) is 0 Å². The normalized spacial score (nSPS) is 23.8. The van der Waals surface area contributed by atoms with E-state index in [1.165, 1.54) is 15.8 Å². The zero-order valence-corrected chi connectivity index (χ0v) is 19.6. The predicted molar refractivity (Wildman–Crippen MR) is 125 cm³/mol. The Bertz CT molecular complexity index is 1150. The van der Waals surface area contributed by atoms with Gasteiger partial charge in [-0.25, -0.2) is 4.68 Å². The van der Waals surface area contributed by atoms with Crippen LogP contribution in [0, 0.1) is 0 Å². The van der Waals surface area contributed by atoms with Crippen molar-refractivity contribution in [2.75, 3.05) is 13.1 Å². The van der Waals surface area contributed by atoms with Crippen molar-refractivity contribution in [3.05, 3.63) is 47.8 Å². The lowest BCUT2D eigenvalue weighted by atomic mass is 10.0. The standard InChI is InChI=1S/C23H28N8O5/c24-21(34)16-10-15-12-30(29-28-15)13-19(32)25-11-20(33)31-8-4-7-18(31)23(36)27-17(22(35)26-16)9-14-5-2-1-3-6-14/h1-3,5-6,12,16-18H,4,7-11,13H2,(H2,24,34)(H,25,32)(H,26,35)(H,27,36). The Kier molecular flexibility index (Phi) is 7.56. The Balaban J connectivity index is 1.63. The highest BCUT2D eigenvalue weighted by atomic mass is 16.2. The monoisotopic (exact) mass is 496 g/mol. The summed E-state index contributed by atoms with van der Waals surface area (Å²) in [5.74, 6) is -2.73. The quantitative estimate of drug-likeness (QED) is 0.366. The molecule has 0 spiro atoms. The van der Waals surface area contributed by atoms with Crippen LogP contribution in [0.4, 0.5) is 0 Å². The van der Waals surface area contributed by atoms with Crippen LogP contribution >= 0.6 is 0 Å². The van der Waals surface area contributed by atoms with Crippen LogP contribution in [0.5, 0.6) is 0 Å². The topological polar surface area (TPSA) is 181 Å². The van der Waals surface area contributed by atoms with Gasteiger partial charge in [0.2, 0.25) is 29.5 Å². The lowest BCUT2D eigenvalue weighted by Crippen LogP contribution is -2.57. The van der Waals surface area contributed by atoms with Gasteiger partial charge in [-0.05, 0) is 18.4 Å². The molecule has 0 radical (unpaired) electrons. The van der Waals surface area contributed by atoms with Crippen LogP contribution in [0.15, 0.2) is 36.5 Å². The molecule has 0 aliphatic carbocycles. The van der Waals surface area contributed by atoms with Gasteiger partial charge in [0.05, 0.1) is 12.2 Å². The summed E-state index contributed by atoms with van der Waals surface area (Å²) in [6.45, 7) is -0.114. The Labute approximate surface area is 206 Å². The van der Waals surface area contributed by atoms with Crippen LogP contribution in [0.2, 0.25) is 0 Å². The number of benzene rings is 1. The Morgan fingerprint density at radius 2 is 1.86 bits per heavy atom. The van der Waals surface area contributed by atoms with E-state index in [0.29, 0.717) is 25.1 Å². The number of carbonyl (C=O) groups excluding carboxylic acids is 5. The molecule has 5 N–H and O–H groups in total. The van der Waals surface area contributed by atoms with Crippen molar-refractivity contribution in [2.24, 2.45) is 5.73 Å². The summed E-state index contributed by atoms with van der Waals surface area (Å²) >= 11 is 0. The van der Waals surface area contributed by atoms with Gasteiger partial charge in [0, 0.05) is 25.6 Å². The first-order valence-electron chi connectivity index (χ1n) is 11.7. The summed E-state index contributed by atoms with van der Waals surface area (Å²) in [7, 11) is 0. The molecule has 2 aromatic rings. The first-order valence-corrected chi connectivity index (χ1v) is 11.7. The molecule has 13 nitrogen and oxygen atoms in total. The van der Waals surface area contributed by atoms with Crippen molar-refractivity contribution in [3.8, 4) is 0 Å². The summed E-state index contributed by atoms with van der Waals surface area (Å²) in [6.07, 6.45) is 2.61. The fourth-order valence-electron chi connectivity index (χ4n) is 4.36. The van der Waals surface area contributed by atoms with E-state index >= 15 is 0 Å². The molecule has 0 saturated carbocycles. The Hall–Kier alpha value is -4.29. The van der Waals surface area contributed by atoms with E-state index in [0.717, 1.165) is 5.56 Å². The van der Waals surface area contributed by atoms with E-state index in [1.807, 2.05) is 30.3 Å². The van der Waals surface area contributed by atoms with Crippen molar-refractivity contribution in [1.29, 1.82) is 0 Å². The van der Waals surface area contributed by atoms with Gasteiger partial charge in [-0.1, -0.05) is 35.5 Å². The van der Waals surface area contributed by atoms with Crippen LogP contribution in [0.1, 0.15) is 24.1 Å². The second-order valence-electron chi connectivity index (χ2n) is 8.85. The number of carbonyl (C=O) groups is 5. The van der Waals surface area contributed by atoms with Gasteiger partial charge >= 0.3 is 0 Å². The zero-order valence-electron chi connectivity index (χ0n) is 19.6. The molecule has 2 aliphatic heterocycles. The summed E-state index contributed by atoms with van der Waals surface area (Å²) < 4.78 is 1.26. The second-order valence-corrected chi connectivity index (χ2v) is 8.85. The average Bonchev–Trinajstić information content (AvgIpc) is 3.51. The zero-order chi connectivity index (χ0) is 25.7. The smallest absolute Gasteiger partial charge is 0.243 e. The number of hydrogen-bond donors (Lipinski definition) is 4. The van der Waals surface area contributed by atoms with Crippen LogP contribution in [-0.2, 0) is 43.4 Å². The van der Waals surface area contributed by atoms with Crippen LogP contribution in [0.25, 0.3) is 0 Å². The summed E-state index contributed by atoms with van der Waals surface area (Å²) in [4.78, 5) is 65.1. The summed E-state index contributed by atoms with van der Waals surface area (Å²) in [5, 5.41) is 15.7. The van der Waals surface area contributed by atoms with Gasteiger partial charge in [0.1, 0.15) is 24.7 Å². The maximum atomic E-state index is 13.3. The Morgan fingerprint density at radius 3 is 2.61 bits per heavy atom. The minimum Gasteiger partial charge on any atom is -0.368 e. The first-order chi connectivity index (χ1) is 17.3. The molecule has 13 heteroatoms. The molecule has 1 saturated heterocycles. The average molecular weight is 497 g/mol. The molecule has 1 fully saturated rings. The molecule has 1 aromatic carbocycles. The van der Waals surface area contributed by atoms with Gasteiger partial charge < -0.3 is 26.6 Å². The molecular weight excluding hydrogens is 468 g/mol. The van der Waals surface area contributed by atoms with Crippen LogP contribution < -0.4 is 21.7 Å². The molecule has 5 amide bonds. The van der Waals surface area contributed by atoms with Crippen LogP contribution in [0.3, 0.4) is 0 Å². The third-order valence-electron chi connectivity index (χ3n) is 6.19. The number of rotatable bonds is 3. The van der Waals surface area contributed by atoms with E-state index in [-0.39, 0.29) is 25.9 Å². The van der Waals surface area contributed by atoms with Crippen molar-refractivity contribution < 1.29 is 24.0 Å². The number of nitrogens with zero attached hydrogens (tertiary/aromatic N) is 4. The molecule has 36 heavy (non-hydrogen) atoms. The highest BCUT2D eigenvalue weighted by Crippen LogP contribution is 2.18. The van der Waals surface area contributed by atoms with Gasteiger partial charge in [-0.3, -0.25) is 24.0 Å². The molecule has 3 unspecified atom stereocenters. The number of nitrogens with two attached hydrogens (primary N) is 1. The van der Waals surface area contributed by atoms with E-state index in [2.05, 4.69) is 26.3 Å². The fourth-order valence-corrected chi connectivity index (χ4v) is 4.36. The Morgan fingerprint density at radius 1 is 1.08 bits per heavy atom. The van der Waals surface area contributed by atoms with Crippen LogP contribution in [-0.4, -0.2) is 80.6 Å². The second kappa shape index (κ2) is 11.0. The number of hydrogen-bond acceptors (Lipinski definition) is 7. The predicted octanol–water partition coefficient (Wildman–Crippen LogP) is -2.36. The minimum absolute atomic E-state index is 0.0520. The lowest BCUT2D eigenvalue weighted by molar-refractivity contribution is -0.140. The molecule has 190 valence electrons. The summed E-state index contributed by atoms with van der Waals surface area (Å²) in [6, 6.07) is 6.18. The fraction of sp³-hybridized carbons (Fsp3) is 0.435. The molecule has 1 aromatic heterocycles. The van der Waals surface area contributed by atoms with Crippen molar-refractivity contribution >= 4 is 29.5 Å². The number of fused-ring (bicyclic) bond motifs is 3. The largest absolute Gasteiger partial charge is 0.368 e. The van der Waals surface area contributed by atoms with Crippen molar-refractivity contribution in [3.63, 3.8) is 0 Å². The van der Waals surface area contributed by atoms with Gasteiger partial charge in [0.15, 0.2) is 0 Å². The third kappa shape index (κ3) is 6.03. The van der Waals surface area contributed by atoms with Crippen molar-refractivity contribution in [2.45, 2.75) is 50.4 Å². The highest BCUT2D eigenvalue weighted by molar-refractivity contribution is 5.95. The van der Waals surface area contributed by atoms with Crippen molar-refractivity contribution in [1.82, 2.24) is 35.8 Å². The van der Waals surface area contributed by atoms with E-state index < -0.39 is 47.7 Å². The molecule has 3 atom stereocenters. The number of amides is 5. The van der Waals surface area contributed by atoms with Gasteiger partial charge in [-0.2, -0.15) is 0 Å².